The van der Waals surface area contributed by atoms with Crippen molar-refractivity contribution < 1.29 is 52.8 Å². The molecule has 0 saturated carbocycles. The summed E-state index contributed by atoms with van der Waals surface area (Å²) in [6, 6.07) is 39.3. The fourth-order valence-electron chi connectivity index (χ4n) is 11.4. The molecule has 10 rings (SSSR count). The lowest BCUT2D eigenvalue weighted by Gasteiger charge is -2.46. The number of nitrogens with one attached hydrogen (secondary N) is 2. The van der Waals surface area contributed by atoms with Crippen molar-refractivity contribution >= 4 is 46.8 Å². The van der Waals surface area contributed by atoms with E-state index in [9.17, 15) is 9.90 Å². The topological polar surface area (TPSA) is 186 Å². The third-order valence-electron chi connectivity index (χ3n) is 14.9. The molecule has 16 heteroatoms. The van der Waals surface area contributed by atoms with E-state index in [-0.39, 0.29) is 30.2 Å². The summed E-state index contributed by atoms with van der Waals surface area (Å²) in [7, 11) is 2.79. The summed E-state index contributed by atoms with van der Waals surface area (Å²) in [6.07, 6.45) is -0.995. The fourth-order valence-corrected chi connectivity index (χ4v) is 11.4. The number of aliphatic hydroxyl groups is 1. The van der Waals surface area contributed by atoms with E-state index in [0.29, 0.717) is 65.6 Å². The summed E-state index contributed by atoms with van der Waals surface area (Å²) in [5.41, 5.74) is 2.18. The van der Waals surface area contributed by atoms with Gasteiger partial charge in [-0.25, -0.2) is 14.5 Å². The molecule has 394 valence electrons. The van der Waals surface area contributed by atoms with Gasteiger partial charge >= 0.3 is 18.0 Å². The molecule has 1 spiro atoms. The van der Waals surface area contributed by atoms with Gasteiger partial charge in [0.05, 0.1) is 57.7 Å². The summed E-state index contributed by atoms with van der Waals surface area (Å²) in [6.45, 7) is 5.47. The average molecular weight is 1040 g/mol. The van der Waals surface area contributed by atoms with Crippen molar-refractivity contribution in [3.05, 3.63) is 185 Å². The number of carbonyl (C=O) groups excluding carboxylic acids is 5. The quantitative estimate of drug-likeness (QED) is 0.0763. The van der Waals surface area contributed by atoms with Gasteiger partial charge in [-0.2, -0.15) is 0 Å². The van der Waals surface area contributed by atoms with Crippen LogP contribution in [0.1, 0.15) is 65.4 Å². The van der Waals surface area contributed by atoms with Gasteiger partial charge in [-0.05, 0) is 95.4 Å². The molecule has 0 radical (unpaired) electrons. The van der Waals surface area contributed by atoms with Gasteiger partial charge in [0.2, 0.25) is 11.8 Å². The number of hydrogen-bond donors (Lipinski definition) is 3. The Kier molecular flexibility index (Phi) is 15.1. The van der Waals surface area contributed by atoms with E-state index in [1.54, 1.807) is 87.7 Å². The second-order valence-electron chi connectivity index (χ2n) is 19.6. The molecule has 77 heavy (non-hydrogen) atoms. The predicted octanol–water partition coefficient (Wildman–Crippen LogP) is 7.51. The maximum atomic E-state index is 17.0. The molecule has 3 N–H and O–H groups in total. The first kappa shape index (κ1) is 52.0. The normalized spacial score (nSPS) is 22.0. The zero-order chi connectivity index (χ0) is 53.8. The molecule has 6 aromatic rings. The molecule has 0 aromatic heterocycles. The van der Waals surface area contributed by atoms with Crippen LogP contribution in [0.4, 0.5) is 21.9 Å². The van der Waals surface area contributed by atoms with E-state index in [4.69, 9.17) is 23.7 Å². The maximum Gasteiger partial charge on any atom is 0.329 e. The van der Waals surface area contributed by atoms with Crippen molar-refractivity contribution in [2.24, 2.45) is 11.8 Å². The highest BCUT2D eigenvalue weighted by atomic mass is 16.6. The second kappa shape index (κ2) is 22.4. The Morgan fingerprint density at radius 2 is 1.43 bits per heavy atom. The molecule has 6 aromatic carbocycles. The van der Waals surface area contributed by atoms with E-state index in [0.717, 1.165) is 10.6 Å². The lowest BCUT2D eigenvalue weighted by molar-refractivity contribution is -0.178. The van der Waals surface area contributed by atoms with Crippen LogP contribution >= 0.6 is 0 Å². The minimum absolute atomic E-state index is 0.0883. The van der Waals surface area contributed by atoms with Gasteiger partial charge in [-0.1, -0.05) is 105 Å². The third-order valence-corrected chi connectivity index (χ3v) is 14.9. The average Bonchev–Trinajstić information content (AvgIpc) is 3.13. The molecule has 0 aliphatic carbocycles. The molecule has 4 heterocycles. The predicted molar refractivity (Wildman–Crippen MR) is 287 cm³/mol. The number of nitrogens with zero attached hydrogens (tertiary/aromatic N) is 3. The Morgan fingerprint density at radius 1 is 0.779 bits per heavy atom. The van der Waals surface area contributed by atoms with Crippen LogP contribution in [-0.2, 0) is 38.8 Å². The first-order valence-corrected chi connectivity index (χ1v) is 25.7. The number of benzene rings is 6. The van der Waals surface area contributed by atoms with Crippen molar-refractivity contribution in [3.63, 3.8) is 0 Å². The Labute approximate surface area is 446 Å². The Morgan fingerprint density at radius 3 is 2.09 bits per heavy atom. The van der Waals surface area contributed by atoms with Crippen molar-refractivity contribution in [2.45, 2.75) is 49.5 Å². The largest absolute Gasteiger partial charge is 0.497 e. The van der Waals surface area contributed by atoms with Crippen molar-refractivity contribution in [3.8, 4) is 23.3 Å². The molecule has 4 aliphatic heterocycles. The first-order chi connectivity index (χ1) is 37.5. The lowest BCUT2D eigenvalue weighted by atomic mass is 9.65. The molecule has 3 saturated heterocycles. The summed E-state index contributed by atoms with van der Waals surface area (Å²) < 4.78 is 29.1. The molecule has 4 amide bonds. The third kappa shape index (κ3) is 9.74. The molecule has 7 atom stereocenters. The monoisotopic (exact) mass is 1040 g/mol. The van der Waals surface area contributed by atoms with Crippen LogP contribution in [-0.4, -0.2) is 106 Å². The number of fused-ring (bicyclic) bond motifs is 3. The standard InChI is InChI=1S/C61H59N5O11/c1-38(2)51(57(69)74-4)63-60(72)65-48-30-23-40(20-19-39-21-28-45(73-3)29-22-39)37-47(48)61(59(65)71)50(56(68)62-43-24-26-44(27-25-43)64-31-34-75-35-32-64)53-58(70)77-54(42-15-9-6-10-16-42)52(41-13-7-5-8-14-41)66(53)55(61)46-17-11-12-18-49(46)76-36-33-67/h5-18,21-30,37-38,50-55,67H,31-36H2,1-4H3,(H,62,68)(H,63,72). The highest BCUT2D eigenvalue weighted by Gasteiger charge is 2.76. The number of methoxy groups -OCH3 is 2. The number of esters is 2. The molecular formula is C61H59N5O11. The van der Waals surface area contributed by atoms with E-state index < -0.39 is 77.3 Å². The summed E-state index contributed by atoms with van der Waals surface area (Å²) >= 11 is 0. The van der Waals surface area contributed by atoms with Gasteiger partial charge in [-0.3, -0.25) is 19.3 Å². The number of para-hydroxylation sites is 1. The van der Waals surface area contributed by atoms with Gasteiger partial charge in [0.25, 0.3) is 0 Å². The zero-order valence-corrected chi connectivity index (χ0v) is 43.1. The van der Waals surface area contributed by atoms with Crippen LogP contribution in [0.5, 0.6) is 11.5 Å². The first-order valence-electron chi connectivity index (χ1n) is 25.7. The number of hydrogen-bond acceptors (Lipinski definition) is 13. The molecular weight excluding hydrogens is 979 g/mol. The van der Waals surface area contributed by atoms with Crippen LogP contribution in [0.25, 0.3) is 0 Å². The van der Waals surface area contributed by atoms with Crippen LogP contribution in [0.15, 0.2) is 152 Å². The van der Waals surface area contributed by atoms with Crippen molar-refractivity contribution in [1.29, 1.82) is 0 Å². The van der Waals surface area contributed by atoms with Crippen LogP contribution in [0.3, 0.4) is 0 Å². The summed E-state index contributed by atoms with van der Waals surface area (Å²) in [5.74, 6) is 2.11. The minimum Gasteiger partial charge on any atom is -0.497 e. The Bertz CT molecular complexity index is 3210. The number of aliphatic hydroxyl groups excluding tert-OH is 1. The van der Waals surface area contributed by atoms with Gasteiger partial charge in [0, 0.05) is 41.2 Å². The summed E-state index contributed by atoms with van der Waals surface area (Å²) in [4.78, 5) is 82.6. The van der Waals surface area contributed by atoms with E-state index >= 15 is 19.2 Å². The van der Waals surface area contributed by atoms with Gasteiger partial charge < -0.3 is 44.3 Å². The van der Waals surface area contributed by atoms with Crippen LogP contribution < -0.4 is 29.9 Å². The lowest BCUT2D eigenvalue weighted by Crippen LogP contribution is -2.57. The highest BCUT2D eigenvalue weighted by Crippen LogP contribution is 2.66. The maximum absolute atomic E-state index is 17.0. The Balaban J connectivity index is 1.26. The number of anilines is 3. The van der Waals surface area contributed by atoms with E-state index in [2.05, 4.69) is 27.4 Å². The van der Waals surface area contributed by atoms with E-state index in [1.165, 1.54) is 7.11 Å². The molecule has 0 bridgehead atoms. The Hall–Kier alpha value is -8.49. The number of morpholine rings is 2. The number of amides is 4. The van der Waals surface area contributed by atoms with Gasteiger partial charge in [0.1, 0.15) is 41.7 Å². The van der Waals surface area contributed by atoms with E-state index in [1.807, 2.05) is 89.8 Å². The highest BCUT2D eigenvalue weighted by molar-refractivity contribution is 6.25. The number of cyclic esters (lactones) is 1. The molecule has 3 fully saturated rings. The number of imide groups is 1. The number of urea groups is 1. The smallest absolute Gasteiger partial charge is 0.329 e. The van der Waals surface area contributed by atoms with Crippen LogP contribution in [0, 0.1) is 23.7 Å². The SMILES string of the molecule is COC(=O)C(NC(=O)N1C(=O)C2(c3cc(C#Cc4ccc(OC)cc4)ccc31)C(C(=O)Nc1ccc(N3CCOCC3)cc1)C1C(=O)OC(c3ccccc3)C(c3ccccc3)N1C2c1ccccc1OCCO)C(C)C. The van der Waals surface area contributed by atoms with Gasteiger partial charge in [-0.15, -0.1) is 0 Å². The second-order valence-corrected chi connectivity index (χ2v) is 19.6. The van der Waals surface area contributed by atoms with Crippen molar-refractivity contribution in [2.75, 3.05) is 68.9 Å². The fraction of sp³-hybridized carbons (Fsp3) is 0.295. The van der Waals surface area contributed by atoms with Crippen molar-refractivity contribution in [1.82, 2.24) is 10.2 Å². The molecule has 7 unspecified atom stereocenters. The number of carbonyl (C=O) groups is 5. The number of ether oxygens (including phenoxy) is 5. The zero-order valence-electron chi connectivity index (χ0n) is 43.1. The molecule has 4 aliphatic rings. The summed E-state index contributed by atoms with van der Waals surface area (Å²) in [5, 5.41) is 16.1. The number of rotatable bonds is 13. The minimum atomic E-state index is -2.21. The molecule has 16 nitrogen and oxygen atoms in total. The van der Waals surface area contributed by atoms with Crippen LogP contribution in [0.2, 0.25) is 0 Å². The van der Waals surface area contributed by atoms with Gasteiger partial charge in [0.15, 0.2) is 0 Å².